The lowest BCUT2D eigenvalue weighted by Gasteiger charge is -2.21. The third kappa shape index (κ3) is 2.38. The van der Waals surface area contributed by atoms with E-state index in [1.165, 1.54) is 23.1 Å². The van der Waals surface area contributed by atoms with E-state index in [1.807, 2.05) is 0 Å². The topological polar surface area (TPSA) is 57.6 Å². The molecule has 1 aromatic carbocycles. The first kappa shape index (κ1) is 13.0. The lowest BCUT2D eigenvalue weighted by Crippen LogP contribution is -2.40. The van der Waals surface area contributed by atoms with Gasteiger partial charge in [0.1, 0.15) is 11.9 Å². The number of nitrogens with zero attached hydrogens (tertiary/aromatic N) is 1. The second kappa shape index (κ2) is 5.06. The first-order valence-electron chi connectivity index (χ1n) is 5.49. The summed E-state index contributed by atoms with van der Waals surface area (Å²) < 4.78 is 13.3. The molecule has 4 nitrogen and oxygen atoms in total. The molecule has 1 aromatic rings. The molecule has 6 heteroatoms. The maximum atomic E-state index is 13.1. The van der Waals surface area contributed by atoms with Crippen molar-refractivity contribution >= 4 is 27.8 Å². The lowest BCUT2D eigenvalue weighted by atomic mass is 10.1. The molecular weight excluding hydrogens is 305 g/mol. The van der Waals surface area contributed by atoms with Crippen molar-refractivity contribution in [2.75, 3.05) is 6.54 Å². The van der Waals surface area contributed by atoms with Gasteiger partial charge in [-0.2, -0.15) is 0 Å². The highest BCUT2D eigenvalue weighted by molar-refractivity contribution is 9.10. The van der Waals surface area contributed by atoms with E-state index < -0.39 is 17.8 Å². The summed E-state index contributed by atoms with van der Waals surface area (Å²) in [6, 6.07) is 3.14. The van der Waals surface area contributed by atoms with Crippen molar-refractivity contribution in [3.8, 4) is 0 Å². The molecule has 1 atom stereocenters. The number of carbonyl (C=O) groups is 2. The summed E-state index contributed by atoms with van der Waals surface area (Å²) in [4.78, 5) is 24.5. The molecule has 1 fully saturated rings. The van der Waals surface area contributed by atoms with Crippen molar-refractivity contribution in [3.05, 3.63) is 34.1 Å². The molecule has 2 rings (SSSR count). The SMILES string of the molecule is O=C(O)C1CCCN1C(=O)c1ccc(F)c(Br)c1. The molecule has 96 valence electrons. The van der Waals surface area contributed by atoms with Gasteiger partial charge in [0.15, 0.2) is 0 Å². The maximum absolute atomic E-state index is 13.1. The number of halogens is 2. The number of rotatable bonds is 2. The Morgan fingerprint density at radius 3 is 2.78 bits per heavy atom. The number of likely N-dealkylation sites (tertiary alicyclic amines) is 1. The third-order valence-electron chi connectivity index (χ3n) is 2.97. The molecule has 18 heavy (non-hydrogen) atoms. The molecule has 0 aliphatic carbocycles. The van der Waals surface area contributed by atoms with Crippen molar-refractivity contribution in [1.82, 2.24) is 4.90 Å². The van der Waals surface area contributed by atoms with Crippen LogP contribution in [0.1, 0.15) is 23.2 Å². The zero-order valence-electron chi connectivity index (χ0n) is 9.40. The zero-order chi connectivity index (χ0) is 13.3. The molecule has 1 amide bonds. The van der Waals surface area contributed by atoms with Crippen LogP contribution >= 0.6 is 15.9 Å². The zero-order valence-corrected chi connectivity index (χ0v) is 11.0. The molecule has 1 N–H and O–H groups in total. The Hall–Kier alpha value is -1.43. The molecule has 0 radical (unpaired) electrons. The van der Waals surface area contributed by atoms with Crippen molar-refractivity contribution in [1.29, 1.82) is 0 Å². The van der Waals surface area contributed by atoms with Gasteiger partial charge >= 0.3 is 5.97 Å². The Morgan fingerprint density at radius 1 is 1.44 bits per heavy atom. The van der Waals surface area contributed by atoms with Crippen molar-refractivity contribution in [3.63, 3.8) is 0 Å². The fourth-order valence-electron chi connectivity index (χ4n) is 2.06. The number of benzene rings is 1. The molecule has 1 unspecified atom stereocenters. The molecular formula is C12H11BrFNO3. The number of amides is 1. The van der Waals surface area contributed by atoms with Crippen LogP contribution in [0, 0.1) is 5.82 Å². The van der Waals surface area contributed by atoms with Gasteiger partial charge in [-0.15, -0.1) is 0 Å². The van der Waals surface area contributed by atoms with Gasteiger partial charge in [0.2, 0.25) is 0 Å². The maximum Gasteiger partial charge on any atom is 0.326 e. The summed E-state index contributed by atoms with van der Waals surface area (Å²) in [5.41, 5.74) is 0.288. The molecule has 1 heterocycles. The first-order valence-corrected chi connectivity index (χ1v) is 6.29. The Morgan fingerprint density at radius 2 is 2.17 bits per heavy atom. The van der Waals surface area contributed by atoms with Crippen LogP contribution < -0.4 is 0 Å². The summed E-state index contributed by atoms with van der Waals surface area (Å²) in [6.45, 7) is 0.421. The van der Waals surface area contributed by atoms with Gasteiger partial charge in [-0.3, -0.25) is 4.79 Å². The predicted molar refractivity (Wildman–Crippen MR) is 65.8 cm³/mol. The number of carboxylic acid groups (broad SMARTS) is 1. The van der Waals surface area contributed by atoms with Crippen LogP contribution in [0.4, 0.5) is 4.39 Å². The molecule has 0 aromatic heterocycles. The van der Waals surface area contributed by atoms with E-state index in [0.29, 0.717) is 19.4 Å². The highest BCUT2D eigenvalue weighted by Crippen LogP contribution is 2.23. The minimum absolute atomic E-state index is 0.194. The van der Waals surface area contributed by atoms with Crippen molar-refractivity contribution < 1.29 is 19.1 Å². The minimum atomic E-state index is -0.998. The summed E-state index contributed by atoms with van der Waals surface area (Å²) in [5.74, 6) is -1.83. The summed E-state index contributed by atoms with van der Waals surface area (Å²) in [5, 5.41) is 9.02. The highest BCUT2D eigenvalue weighted by atomic mass is 79.9. The van der Waals surface area contributed by atoms with E-state index in [2.05, 4.69) is 15.9 Å². The Balaban J connectivity index is 2.25. The van der Waals surface area contributed by atoms with Crippen LogP contribution in [0.3, 0.4) is 0 Å². The number of aliphatic carboxylic acids is 1. The van der Waals surface area contributed by atoms with Gasteiger partial charge in [0, 0.05) is 12.1 Å². The van der Waals surface area contributed by atoms with E-state index in [1.54, 1.807) is 0 Å². The van der Waals surface area contributed by atoms with Gasteiger partial charge in [-0.25, -0.2) is 9.18 Å². The van der Waals surface area contributed by atoms with Crippen molar-refractivity contribution in [2.24, 2.45) is 0 Å². The highest BCUT2D eigenvalue weighted by Gasteiger charge is 2.34. The average molecular weight is 316 g/mol. The van der Waals surface area contributed by atoms with Crippen molar-refractivity contribution in [2.45, 2.75) is 18.9 Å². The largest absolute Gasteiger partial charge is 0.480 e. The van der Waals surface area contributed by atoms with Gasteiger partial charge in [-0.1, -0.05) is 0 Å². The van der Waals surface area contributed by atoms with Gasteiger partial charge in [-0.05, 0) is 47.0 Å². The van der Waals surface area contributed by atoms with E-state index in [-0.39, 0.29) is 15.9 Å². The Labute approximate surface area is 112 Å². The quantitative estimate of drug-likeness (QED) is 0.911. The fourth-order valence-corrected chi connectivity index (χ4v) is 2.44. The van der Waals surface area contributed by atoms with Crippen LogP contribution in [-0.4, -0.2) is 34.5 Å². The smallest absolute Gasteiger partial charge is 0.326 e. The number of hydrogen-bond acceptors (Lipinski definition) is 2. The summed E-state index contributed by atoms with van der Waals surface area (Å²) in [6.07, 6.45) is 1.13. The van der Waals surface area contributed by atoms with E-state index in [4.69, 9.17) is 5.11 Å². The Bertz CT molecular complexity index is 506. The first-order chi connectivity index (χ1) is 8.50. The normalized spacial score (nSPS) is 19.0. The molecule has 1 saturated heterocycles. The number of carbonyl (C=O) groups excluding carboxylic acids is 1. The average Bonchev–Trinajstić information content (AvgIpc) is 2.81. The van der Waals surface area contributed by atoms with Crippen LogP contribution in [0.15, 0.2) is 22.7 Å². The fraction of sp³-hybridized carbons (Fsp3) is 0.333. The predicted octanol–water partition coefficient (Wildman–Crippen LogP) is 2.28. The van der Waals surface area contributed by atoms with Gasteiger partial charge in [0.25, 0.3) is 5.91 Å². The standard InChI is InChI=1S/C12H11BrFNO3/c13-8-6-7(3-4-9(8)14)11(16)15-5-1-2-10(15)12(17)18/h3-4,6,10H,1-2,5H2,(H,17,18). The monoisotopic (exact) mass is 315 g/mol. The van der Waals surface area contributed by atoms with Crippen LogP contribution in [0.2, 0.25) is 0 Å². The third-order valence-corrected chi connectivity index (χ3v) is 3.57. The van der Waals surface area contributed by atoms with Crippen LogP contribution in [-0.2, 0) is 4.79 Å². The molecule has 0 saturated carbocycles. The minimum Gasteiger partial charge on any atom is -0.480 e. The lowest BCUT2D eigenvalue weighted by molar-refractivity contribution is -0.141. The molecule has 1 aliphatic heterocycles. The van der Waals surface area contributed by atoms with Crippen LogP contribution in [0.25, 0.3) is 0 Å². The number of hydrogen-bond donors (Lipinski definition) is 1. The molecule has 0 spiro atoms. The van der Waals surface area contributed by atoms with E-state index >= 15 is 0 Å². The van der Waals surface area contributed by atoms with E-state index in [0.717, 1.165) is 0 Å². The summed E-state index contributed by atoms with van der Waals surface area (Å²) in [7, 11) is 0. The molecule has 1 aliphatic rings. The second-order valence-electron chi connectivity index (χ2n) is 4.12. The Kier molecular flexibility index (Phi) is 3.65. The number of carboxylic acids is 1. The van der Waals surface area contributed by atoms with Crippen LogP contribution in [0.5, 0.6) is 0 Å². The summed E-state index contributed by atoms with van der Waals surface area (Å²) >= 11 is 3.00. The molecule has 0 bridgehead atoms. The van der Waals surface area contributed by atoms with Gasteiger partial charge < -0.3 is 10.0 Å². The van der Waals surface area contributed by atoms with Gasteiger partial charge in [0.05, 0.1) is 4.47 Å². The van der Waals surface area contributed by atoms with E-state index in [9.17, 15) is 14.0 Å². The second-order valence-corrected chi connectivity index (χ2v) is 4.98.